The third-order valence-electron chi connectivity index (χ3n) is 5.20. The second-order valence-corrected chi connectivity index (χ2v) is 9.03. The highest BCUT2D eigenvalue weighted by Crippen LogP contribution is 2.36. The molecule has 0 radical (unpaired) electrons. The van der Waals surface area contributed by atoms with Crippen molar-refractivity contribution < 1.29 is 4.79 Å². The Morgan fingerprint density at radius 1 is 1.30 bits per heavy atom. The van der Waals surface area contributed by atoms with Gasteiger partial charge in [-0.15, -0.1) is 16.4 Å². The molecular formula is C19H23N5OS2. The smallest absolute Gasteiger partial charge is 0.253 e. The van der Waals surface area contributed by atoms with E-state index < -0.39 is 0 Å². The van der Waals surface area contributed by atoms with E-state index in [0.717, 1.165) is 36.3 Å². The van der Waals surface area contributed by atoms with Crippen LogP contribution in [0.25, 0.3) is 5.78 Å². The summed E-state index contributed by atoms with van der Waals surface area (Å²) in [4.78, 5) is 26.8. The minimum atomic E-state index is 0.168. The van der Waals surface area contributed by atoms with Gasteiger partial charge in [-0.1, -0.05) is 11.8 Å². The van der Waals surface area contributed by atoms with E-state index in [-0.39, 0.29) is 11.9 Å². The van der Waals surface area contributed by atoms with Crippen molar-refractivity contribution in [2.75, 3.05) is 12.8 Å². The van der Waals surface area contributed by atoms with E-state index in [9.17, 15) is 4.79 Å². The van der Waals surface area contributed by atoms with Crippen LogP contribution in [0.3, 0.4) is 0 Å². The number of fused-ring (bicyclic) bond motifs is 1. The summed E-state index contributed by atoms with van der Waals surface area (Å²) in [6, 6.07) is 4.52. The highest BCUT2D eigenvalue weighted by atomic mass is 32.2. The first-order chi connectivity index (χ1) is 13.0. The third kappa shape index (κ3) is 3.36. The highest BCUT2D eigenvalue weighted by Gasteiger charge is 2.31. The van der Waals surface area contributed by atoms with Crippen LogP contribution in [0.5, 0.6) is 0 Å². The minimum absolute atomic E-state index is 0.168. The normalized spacial score (nSPS) is 17.2. The molecule has 0 saturated carbocycles. The van der Waals surface area contributed by atoms with Crippen LogP contribution in [0, 0.1) is 20.8 Å². The lowest BCUT2D eigenvalue weighted by Crippen LogP contribution is -2.32. The maximum Gasteiger partial charge on any atom is 0.253 e. The molecule has 4 rings (SSSR count). The number of carbonyl (C=O) groups is 1. The lowest BCUT2D eigenvalue weighted by molar-refractivity contribution is -0.131. The van der Waals surface area contributed by atoms with Gasteiger partial charge in [-0.2, -0.15) is 4.98 Å². The molecular weight excluding hydrogens is 378 g/mol. The monoisotopic (exact) mass is 401 g/mol. The Morgan fingerprint density at radius 2 is 2.11 bits per heavy atom. The van der Waals surface area contributed by atoms with Gasteiger partial charge in [0.1, 0.15) is 0 Å². The largest absolute Gasteiger partial charge is 0.335 e. The first kappa shape index (κ1) is 18.4. The van der Waals surface area contributed by atoms with Gasteiger partial charge in [0, 0.05) is 33.3 Å². The molecule has 27 heavy (non-hydrogen) atoms. The number of thiophene rings is 1. The fourth-order valence-electron chi connectivity index (χ4n) is 3.78. The molecule has 1 aliphatic heterocycles. The van der Waals surface area contributed by atoms with E-state index in [4.69, 9.17) is 0 Å². The maximum absolute atomic E-state index is 13.2. The lowest BCUT2D eigenvalue weighted by atomic mass is 10.1. The molecule has 142 valence electrons. The van der Waals surface area contributed by atoms with Gasteiger partial charge in [0.25, 0.3) is 5.78 Å². The van der Waals surface area contributed by atoms with Crippen LogP contribution >= 0.6 is 23.1 Å². The minimum Gasteiger partial charge on any atom is -0.335 e. The molecule has 1 saturated heterocycles. The molecule has 1 unspecified atom stereocenters. The van der Waals surface area contributed by atoms with Crippen molar-refractivity contribution in [1.82, 2.24) is 24.5 Å². The number of rotatable bonds is 4. The molecule has 8 heteroatoms. The van der Waals surface area contributed by atoms with Crippen LogP contribution in [0.2, 0.25) is 0 Å². The SMILES string of the molecule is CSc1nc2nc(C)c(CC(=O)N3CCCC3c3ccc(C)s3)c(C)n2n1. The van der Waals surface area contributed by atoms with Gasteiger partial charge in [0.05, 0.1) is 12.5 Å². The van der Waals surface area contributed by atoms with Crippen LogP contribution in [0.15, 0.2) is 17.3 Å². The summed E-state index contributed by atoms with van der Waals surface area (Å²) >= 11 is 3.29. The summed E-state index contributed by atoms with van der Waals surface area (Å²) < 4.78 is 1.76. The van der Waals surface area contributed by atoms with E-state index in [1.807, 2.05) is 25.0 Å². The second-order valence-electron chi connectivity index (χ2n) is 6.94. The van der Waals surface area contributed by atoms with Crippen LogP contribution < -0.4 is 0 Å². The molecule has 3 aromatic heterocycles. The first-order valence-corrected chi connectivity index (χ1v) is 11.1. The standard InChI is InChI=1S/C19H23N5OS2/c1-11-7-8-16(27-11)15-6-5-9-23(15)17(25)10-14-12(2)20-18-21-19(26-4)22-24(18)13(14)3/h7-8,15H,5-6,9-10H2,1-4H3. The lowest BCUT2D eigenvalue weighted by Gasteiger charge is -2.24. The average molecular weight is 402 g/mol. The van der Waals surface area contributed by atoms with Gasteiger partial charge in [0.15, 0.2) is 0 Å². The van der Waals surface area contributed by atoms with E-state index in [1.165, 1.54) is 21.5 Å². The highest BCUT2D eigenvalue weighted by molar-refractivity contribution is 7.98. The Morgan fingerprint density at radius 3 is 2.81 bits per heavy atom. The number of likely N-dealkylation sites (tertiary alicyclic amines) is 1. The molecule has 1 aliphatic rings. The Labute approximate surface area is 167 Å². The number of hydrogen-bond acceptors (Lipinski definition) is 6. The summed E-state index contributed by atoms with van der Waals surface area (Å²) in [5.41, 5.74) is 2.76. The predicted molar refractivity (Wildman–Crippen MR) is 108 cm³/mol. The molecule has 0 aromatic carbocycles. The van der Waals surface area contributed by atoms with E-state index >= 15 is 0 Å². The van der Waals surface area contributed by atoms with Crippen LogP contribution in [0.1, 0.15) is 45.6 Å². The fraction of sp³-hybridized carbons (Fsp3) is 0.474. The topological polar surface area (TPSA) is 63.4 Å². The molecule has 1 amide bonds. The number of aryl methyl sites for hydroxylation is 3. The Bertz CT molecular complexity index is 1010. The Balaban J connectivity index is 1.62. The van der Waals surface area contributed by atoms with Gasteiger partial charge >= 0.3 is 0 Å². The van der Waals surface area contributed by atoms with Crippen molar-refractivity contribution in [3.63, 3.8) is 0 Å². The summed E-state index contributed by atoms with van der Waals surface area (Å²) in [6.45, 7) is 6.89. The summed E-state index contributed by atoms with van der Waals surface area (Å²) in [6.07, 6.45) is 4.40. The van der Waals surface area contributed by atoms with Crippen LogP contribution in [0.4, 0.5) is 0 Å². The first-order valence-electron chi connectivity index (χ1n) is 9.10. The number of amides is 1. The van der Waals surface area contributed by atoms with Crippen molar-refractivity contribution in [2.45, 2.75) is 51.2 Å². The zero-order valence-electron chi connectivity index (χ0n) is 16.0. The Hall–Kier alpha value is -1.93. The van der Waals surface area contributed by atoms with Crippen molar-refractivity contribution in [1.29, 1.82) is 0 Å². The quantitative estimate of drug-likeness (QED) is 0.623. The molecule has 3 aromatic rings. The number of hydrogen-bond donors (Lipinski definition) is 0. The molecule has 0 aliphatic carbocycles. The third-order valence-corrected chi connectivity index (χ3v) is 6.84. The second kappa shape index (κ2) is 7.24. The average Bonchev–Trinajstić information content (AvgIpc) is 3.36. The number of nitrogens with zero attached hydrogens (tertiary/aromatic N) is 5. The van der Waals surface area contributed by atoms with Gasteiger partial charge in [-0.25, -0.2) is 9.50 Å². The molecule has 0 spiro atoms. The molecule has 4 heterocycles. The molecule has 1 atom stereocenters. The summed E-state index contributed by atoms with van der Waals surface area (Å²) in [7, 11) is 0. The van der Waals surface area contributed by atoms with E-state index in [0.29, 0.717) is 17.4 Å². The van der Waals surface area contributed by atoms with E-state index in [1.54, 1.807) is 15.9 Å². The van der Waals surface area contributed by atoms with Crippen molar-refractivity contribution in [3.05, 3.63) is 38.8 Å². The summed E-state index contributed by atoms with van der Waals surface area (Å²) in [5.74, 6) is 0.764. The Kier molecular flexibility index (Phi) is 4.94. The maximum atomic E-state index is 13.2. The number of aromatic nitrogens is 4. The van der Waals surface area contributed by atoms with Gasteiger partial charge in [0.2, 0.25) is 11.1 Å². The van der Waals surface area contributed by atoms with Crippen molar-refractivity contribution in [2.24, 2.45) is 0 Å². The zero-order valence-corrected chi connectivity index (χ0v) is 17.7. The van der Waals surface area contributed by atoms with Gasteiger partial charge < -0.3 is 4.90 Å². The van der Waals surface area contributed by atoms with Crippen molar-refractivity contribution in [3.8, 4) is 0 Å². The van der Waals surface area contributed by atoms with Gasteiger partial charge in [-0.3, -0.25) is 4.79 Å². The predicted octanol–water partition coefficient (Wildman–Crippen LogP) is 3.74. The van der Waals surface area contributed by atoms with Crippen molar-refractivity contribution >= 4 is 34.8 Å². The fourth-order valence-corrected chi connectivity index (χ4v) is 5.14. The number of thioether (sulfide) groups is 1. The molecule has 1 fully saturated rings. The zero-order chi connectivity index (χ0) is 19.1. The number of carbonyl (C=O) groups excluding carboxylic acids is 1. The van der Waals surface area contributed by atoms with Crippen LogP contribution in [-0.2, 0) is 11.2 Å². The molecule has 0 bridgehead atoms. The molecule has 0 N–H and O–H groups in total. The summed E-state index contributed by atoms with van der Waals surface area (Å²) in [5, 5.41) is 5.18. The van der Waals surface area contributed by atoms with Crippen LogP contribution in [-0.4, -0.2) is 43.2 Å². The van der Waals surface area contributed by atoms with Gasteiger partial charge in [-0.05, 0) is 52.0 Å². The molecule has 6 nitrogen and oxygen atoms in total. The van der Waals surface area contributed by atoms with E-state index in [2.05, 4.69) is 34.1 Å².